The molecule has 0 fully saturated rings. The molecule has 0 aliphatic rings. The van der Waals surface area contributed by atoms with Gasteiger partial charge in [-0.3, -0.25) is 0 Å². The van der Waals surface area contributed by atoms with E-state index in [1.807, 2.05) is 19.1 Å². The molecule has 20 heavy (non-hydrogen) atoms. The molecule has 0 saturated heterocycles. The van der Waals surface area contributed by atoms with Crippen molar-refractivity contribution < 1.29 is 14.6 Å². The van der Waals surface area contributed by atoms with E-state index in [9.17, 15) is 9.90 Å². The zero-order valence-corrected chi connectivity index (χ0v) is 12.5. The van der Waals surface area contributed by atoms with Gasteiger partial charge >= 0.3 is 5.97 Å². The van der Waals surface area contributed by atoms with Crippen LogP contribution < -0.4 is 5.32 Å². The largest absolute Gasteiger partial charge is 0.478 e. The minimum Gasteiger partial charge on any atom is -0.478 e. The van der Waals surface area contributed by atoms with Gasteiger partial charge in [0.25, 0.3) is 0 Å². The molecule has 0 spiro atoms. The van der Waals surface area contributed by atoms with Gasteiger partial charge in [0.2, 0.25) is 0 Å². The first-order chi connectivity index (χ1) is 9.70. The molecule has 0 aliphatic carbocycles. The number of hydrogen-bond donors (Lipinski definition) is 2. The number of hydrogen-bond acceptors (Lipinski definition) is 4. The van der Waals surface area contributed by atoms with Crippen LogP contribution in [0.1, 0.15) is 23.7 Å². The Labute approximate surface area is 124 Å². The highest BCUT2D eigenvalue weighted by Gasteiger charge is 2.15. The number of carboxylic acids is 1. The lowest BCUT2D eigenvalue weighted by atomic mass is 10.2. The maximum atomic E-state index is 11.4. The highest BCUT2D eigenvalue weighted by Crippen LogP contribution is 2.28. The summed E-state index contributed by atoms with van der Waals surface area (Å²) >= 11 is 1.53. The normalized spacial score (nSPS) is 10.2. The van der Waals surface area contributed by atoms with Gasteiger partial charge in [-0.15, -0.1) is 18.3 Å². The Balaban J connectivity index is 2.62. The minimum atomic E-state index is -0.906. The van der Waals surface area contributed by atoms with Gasteiger partial charge < -0.3 is 15.2 Å². The van der Waals surface area contributed by atoms with Crippen LogP contribution in [0.2, 0.25) is 0 Å². The van der Waals surface area contributed by atoms with E-state index in [1.165, 1.54) is 11.8 Å². The van der Waals surface area contributed by atoms with Crippen LogP contribution in [0.3, 0.4) is 0 Å². The van der Waals surface area contributed by atoms with Crippen LogP contribution in [0, 0.1) is 0 Å². The second-order valence-corrected chi connectivity index (χ2v) is 5.34. The molecular weight excluding hydrogens is 274 g/mol. The van der Waals surface area contributed by atoms with Crippen LogP contribution in [0.15, 0.2) is 35.7 Å². The lowest BCUT2D eigenvalue weighted by Crippen LogP contribution is -2.13. The fraction of sp³-hybridized carbons (Fsp3) is 0.400. The molecule has 0 aromatic heterocycles. The predicted molar refractivity (Wildman–Crippen MR) is 83.9 cm³/mol. The fourth-order valence-electron chi connectivity index (χ4n) is 1.70. The highest BCUT2D eigenvalue weighted by atomic mass is 32.2. The molecule has 0 radical (unpaired) electrons. The van der Waals surface area contributed by atoms with Gasteiger partial charge in [-0.05, 0) is 24.3 Å². The Hall–Kier alpha value is -1.46. The third-order valence-electron chi connectivity index (χ3n) is 2.57. The van der Waals surface area contributed by atoms with E-state index in [0.29, 0.717) is 31.0 Å². The zero-order chi connectivity index (χ0) is 14.8. The van der Waals surface area contributed by atoms with Gasteiger partial charge in [0.05, 0.1) is 18.8 Å². The Kier molecular flexibility index (Phi) is 7.84. The van der Waals surface area contributed by atoms with Crippen LogP contribution in [0.5, 0.6) is 0 Å². The summed E-state index contributed by atoms with van der Waals surface area (Å²) in [6.45, 7) is 7.39. The number of rotatable bonds is 10. The second-order valence-electron chi connectivity index (χ2n) is 4.03. The summed E-state index contributed by atoms with van der Waals surface area (Å²) in [6, 6.07) is 5.49. The standard InChI is InChI=1S/C15H21NO3S/c1-3-5-10-19-11-9-16-12-7-6-8-13(20-4-2)14(12)15(17)18/h3,6-8,16H,1,4-5,9-11H2,2H3,(H,17,18). The number of anilines is 1. The average Bonchev–Trinajstić information content (AvgIpc) is 2.43. The van der Waals surface area contributed by atoms with E-state index in [1.54, 1.807) is 12.1 Å². The van der Waals surface area contributed by atoms with Crippen molar-refractivity contribution in [3.05, 3.63) is 36.4 Å². The first-order valence-electron chi connectivity index (χ1n) is 6.62. The Morgan fingerprint density at radius 1 is 1.50 bits per heavy atom. The smallest absolute Gasteiger partial charge is 0.338 e. The Bertz CT molecular complexity index is 449. The van der Waals surface area contributed by atoms with Crippen LogP contribution in [-0.2, 0) is 4.74 Å². The molecule has 110 valence electrons. The van der Waals surface area contributed by atoms with Gasteiger partial charge in [-0.2, -0.15) is 0 Å². The predicted octanol–water partition coefficient (Wildman–Crippen LogP) is 3.50. The first-order valence-corrected chi connectivity index (χ1v) is 7.60. The molecule has 1 rings (SSSR count). The number of thioether (sulfide) groups is 1. The number of carbonyl (C=O) groups is 1. The zero-order valence-electron chi connectivity index (χ0n) is 11.7. The van der Waals surface area contributed by atoms with Gasteiger partial charge in [-0.25, -0.2) is 4.79 Å². The quantitative estimate of drug-likeness (QED) is 0.393. The molecule has 0 unspecified atom stereocenters. The van der Waals surface area contributed by atoms with Crippen molar-refractivity contribution in [2.45, 2.75) is 18.2 Å². The van der Waals surface area contributed by atoms with Gasteiger partial charge in [0, 0.05) is 17.1 Å². The highest BCUT2D eigenvalue weighted by molar-refractivity contribution is 7.99. The summed E-state index contributed by atoms with van der Waals surface area (Å²) in [5, 5.41) is 12.5. The van der Waals surface area contributed by atoms with Crippen molar-refractivity contribution in [3.8, 4) is 0 Å². The molecule has 1 aromatic carbocycles. The minimum absolute atomic E-state index is 0.338. The maximum Gasteiger partial charge on any atom is 0.338 e. The number of aromatic carboxylic acids is 1. The first kappa shape index (κ1) is 16.6. The van der Waals surface area contributed by atoms with Crippen LogP contribution in [0.25, 0.3) is 0 Å². The van der Waals surface area contributed by atoms with Gasteiger partial charge in [0.15, 0.2) is 0 Å². The van der Waals surface area contributed by atoms with E-state index in [2.05, 4.69) is 11.9 Å². The number of benzene rings is 1. The summed E-state index contributed by atoms with van der Waals surface area (Å²) in [5.41, 5.74) is 0.980. The van der Waals surface area contributed by atoms with Crippen LogP contribution in [0.4, 0.5) is 5.69 Å². The third-order valence-corrected chi connectivity index (χ3v) is 3.51. The lowest BCUT2D eigenvalue weighted by molar-refractivity contribution is 0.0694. The Morgan fingerprint density at radius 3 is 2.95 bits per heavy atom. The molecule has 1 aromatic rings. The molecule has 0 heterocycles. The molecule has 0 aliphatic heterocycles. The van der Waals surface area contributed by atoms with Crippen molar-refractivity contribution in [1.29, 1.82) is 0 Å². The number of carboxylic acid groups (broad SMARTS) is 1. The molecular formula is C15H21NO3S. The SMILES string of the molecule is C=CCCOCCNc1cccc(SCC)c1C(=O)O. The monoisotopic (exact) mass is 295 g/mol. The van der Waals surface area contributed by atoms with Crippen LogP contribution >= 0.6 is 11.8 Å². The molecule has 2 N–H and O–H groups in total. The van der Waals surface area contributed by atoms with Crippen molar-refractivity contribution in [2.24, 2.45) is 0 Å². The topological polar surface area (TPSA) is 58.6 Å². The second kappa shape index (κ2) is 9.44. The lowest BCUT2D eigenvalue weighted by Gasteiger charge is -2.12. The molecule has 4 nitrogen and oxygen atoms in total. The van der Waals surface area contributed by atoms with Crippen molar-refractivity contribution >= 4 is 23.4 Å². The summed E-state index contributed by atoms with van der Waals surface area (Å²) in [5.74, 6) is -0.0642. The summed E-state index contributed by atoms with van der Waals surface area (Å²) in [4.78, 5) is 12.2. The van der Waals surface area contributed by atoms with E-state index in [-0.39, 0.29) is 0 Å². The van der Waals surface area contributed by atoms with E-state index < -0.39 is 5.97 Å². The molecule has 5 heteroatoms. The van der Waals surface area contributed by atoms with Crippen molar-refractivity contribution in [3.63, 3.8) is 0 Å². The van der Waals surface area contributed by atoms with Gasteiger partial charge in [-0.1, -0.05) is 19.1 Å². The summed E-state index contributed by atoms with van der Waals surface area (Å²) in [6.07, 6.45) is 2.63. The van der Waals surface area contributed by atoms with Crippen LogP contribution in [-0.4, -0.2) is 36.6 Å². The summed E-state index contributed by atoms with van der Waals surface area (Å²) < 4.78 is 5.39. The van der Waals surface area contributed by atoms with E-state index in [0.717, 1.165) is 17.1 Å². The number of ether oxygens (including phenoxy) is 1. The molecule has 0 saturated carbocycles. The van der Waals surface area contributed by atoms with Gasteiger partial charge in [0.1, 0.15) is 0 Å². The van der Waals surface area contributed by atoms with E-state index >= 15 is 0 Å². The van der Waals surface area contributed by atoms with E-state index in [4.69, 9.17) is 4.74 Å². The fourth-order valence-corrected chi connectivity index (χ4v) is 2.53. The van der Waals surface area contributed by atoms with Crippen molar-refractivity contribution in [1.82, 2.24) is 0 Å². The molecule has 0 bridgehead atoms. The molecule has 0 atom stereocenters. The van der Waals surface area contributed by atoms with Crippen molar-refractivity contribution in [2.75, 3.05) is 30.8 Å². The third kappa shape index (κ3) is 5.27. The summed E-state index contributed by atoms with van der Waals surface area (Å²) in [7, 11) is 0. The maximum absolute atomic E-state index is 11.4. The molecule has 0 amide bonds. The Morgan fingerprint density at radius 2 is 2.30 bits per heavy atom. The average molecular weight is 295 g/mol. The number of nitrogens with one attached hydrogen (secondary N) is 1.